The summed E-state index contributed by atoms with van der Waals surface area (Å²) in [6, 6.07) is 17.3. The Labute approximate surface area is 193 Å². The maximum atomic E-state index is 13.5. The molecule has 0 aliphatic carbocycles. The van der Waals surface area contributed by atoms with Crippen molar-refractivity contribution in [3.05, 3.63) is 100 Å². The molecule has 0 saturated carbocycles. The Morgan fingerprint density at radius 3 is 2.75 bits per heavy atom. The van der Waals surface area contributed by atoms with Gasteiger partial charge in [-0.05, 0) is 48.0 Å². The number of pyridine rings is 1. The van der Waals surface area contributed by atoms with Gasteiger partial charge in [-0.25, -0.2) is 4.98 Å². The lowest BCUT2D eigenvalue weighted by molar-refractivity contribution is 0.103. The lowest BCUT2D eigenvalue weighted by Crippen LogP contribution is -2.02. The van der Waals surface area contributed by atoms with Crippen LogP contribution in [-0.2, 0) is 6.54 Å². The van der Waals surface area contributed by atoms with E-state index in [9.17, 15) is 4.79 Å². The van der Waals surface area contributed by atoms with Gasteiger partial charge < -0.3 is 9.30 Å². The summed E-state index contributed by atoms with van der Waals surface area (Å²) < 4.78 is 7.48. The van der Waals surface area contributed by atoms with Crippen molar-refractivity contribution >= 4 is 39.6 Å². The van der Waals surface area contributed by atoms with Crippen LogP contribution in [0.2, 0.25) is 5.02 Å². The SMILES string of the molecule is COc1ccc2c(c1)c(C(=O)c1csc(-c3cccnc3)n1)cn2Cc1ccc(Cl)cc1. The zero-order valence-electron chi connectivity index (χ0n) is 17.2. The number of rotatable bonds is 6. The molecular weight excluding hydrogens is 442 g/mol. The number of benzene rings is 2. The molecule has 3 aromatic heterocycles. The van der Waals surface area contributed by atoms with E-state index in [0.29, 0.717) is 28.6 Å². The number of halogens is 1. The van der Waals surface area contributed by atoms with Gasteiger partial charge in [0, 0.05) is 57.6 Å². The fourth-order valence-corrected chi connectivity index (χ4v) is 4.56. The van der Waals surface area contributed by atoms with Crippen molar-refractivity contribution in [1.29, 1.82) is 0 Å². The number of ketones is 1. The van der Waals surface area contributed by atoms with Gasteiger partial charge >= 0.3 is 0 Å². The quantitative estimate of drug-likeness (QED) is 0.288. The van der Waals surface area contributed by atoms with E-state index in [2.05, 4.69) is 14.5 Å². The van der Waals surface area contributed by atoms with Crippen LogP contribution in [-0.4, -0.2) is 27.4 Å². The number of methoxy groups -OCH3 is 1. The van der Waals surface area contributed by atoms with E-state index >= 15 is 0 Å². The molecular formula is C25H18ClN3O2S. The van der Waals surface area contributed by atoms with Gasteiger partial charge in [0.25, 0.3) is 0 Å². The summed E-state index contributed by atoms with van der Waals surface area (Å²) in [6.45, 7) is 0.616. The summed E-state index contributed by atoms with van der Waals surface area (Å²) in [6.07, 6.45) is 5.35. The standard InChI is InChI=1S/C25H18ClN3O2S/c1-31-19-8-9-23-20(11-19)21(14-29(23)13-16-4-6-18(26)7-5-16)24(30)22-15-32-25(28-22)17-3-2-10-27-12-17/h2-12,14-15H,13H2,1H3. The number of carbonyl (C=O) groups is 1. The normalized spacial score (nSPS) is 11.1. The first-order valence-electron chi connectivity index (χ1n) is 9.94. The molecule has 5 aromatic rings. The highest BCUT2D eigenvalue weighted by atomic mass is 35.5. The minimum Gasteiger partial charge on any atom is -0.497 e. The van der Waals surface area contributed by atoms with E-state index < -0.39 is 0 Å². The van der Waals surface area contributed by atoms with Gasteiger partial charge in [0.05, 0.1) is 7.11 Å². The van der Waals surface area contributed by atoms with Crippen molar-refractivity contribution in [3.63, 3.8) is 0 Å². The van der Waals surface area contributed by atoms with Gasteiger partial charge in [-0.3, -0.25) is 9.78 Å². The maximum Gasteiger partial charge on any atom is 0.214 e. The van der Waals surface area contributed by atoms with Gasteiger partial charge in [-0.1, -0.05) is 23.7 Å². The zero-order valence-corrected chi connectivity index (χ0v) is 18.7. The third-order valence-corrected chi connectivity index (χ3v) is 6.39. The molecule has 3 heterocycles. The van der Waals surface area contributed by atoms with Crippen LogP contribution in [0.25, 0.3) is 21.5 Å². The third-order valence-electron chi connectivity index (χ3n) is 5.24. The molecule has 0 spiro atoms. The van der Waals surface area contributed by atoms with Gasteiger partial charge in [-0.2, -0.15) is 0 Å². The topological polar surface area (TPSA) is 57.0 Å². The maximum absolute atomic E-state index is 13.5. The van der Waals surface area contributed by atoms with Crippen molar-refractivity contribution < 1.29 is 9.53 Å². The number of aromatic nitrogens is 3. The average molecular weight is 460 g/mol. The predicted molar refractivity (Wildman–Crippen MR) is 128 cm³/mol. The Hall–Kier alpha value is -3.48. The fraction of sp³-hybridized carbons (Fsp3) is 0.0800. The largest absolute Gasteiger partial charge is 0.497 e. The van der Waals surface area contributed by atoms with Gasteiger partial charge in [0.15, 0.2) is 0 Å². The van der Waals surface area contributed by atoms with Crippen LogP contribution < -0.4 is 4.74 Å². The number of fused-ring (bicyclic) bond motifs is 1. The van der Waals surface area contributed by atoms with E-state index in [0.717, 1.165) is 27.0 Å². The van der Waals surface area contributed by atoms with Crippen LogP contribution in [0.5, 0.6) is 5.75 Å². The molecule has 2 aromatic carbocycles. The fourth-order valence-electron chi connectivity index (χ4n) is 3.64. The molecule has 0 unspecified atom stereocenters. The van der Waals surface area contributed by atoms with Gasteiger partial charge in [0.2, 0.25) is 5.78 Å². The third kappa shape index (κ3) is 3.90. The molecule has 0 amide bonds. The van der Waals surface area contributed by atoms with Crippen LogP contribution in [0, 0.1) is 0 Å². The van der Waals surface area contributed by atoms with Gasteiger partial charge in [-0.15, -0.1) is 11.3 Å². The summed E-state index contributed by atoms with van der Waals surface area (Å²) in [5.74, 6) is 0.578. The second kappa shape index (κ2) is 8.57. The Balaban J connectivity index is 1.56. The summed E-state index contributed by atoms with van der Waals surface area (Å²) in [5.41, 5.74) is 3.95. The second-order valence-corrected chi connectivity index (χ2v) is 8.58. The second-order valence-electron chi connectivity index (χ2n) is 7.29. The highest BCUT2D eigenvalue weighted by Crippen LogP contribution is 2.30. The Morgan fingerprint density at radius 1 is 1.16 bits per heavy atom. The molecule has 32 heavy (non-hydrogen) atoms. The molecule has 0 N–H and O–H groups in total. The van der Waals surface area contributed by atoms with Crippen LogP contribution >= 0.6 is 22.9 Å². The summed E-state index contributed by atoms with van der Waals surface area (Å²) >= 11 is 7.46. The van der Waals surface area contributed by atoms with Crippen molar-refractivity contribution in [2.75, 3.05) is 7.11 Å². The molecule has 5 nitrogen and oxygen atoms in total. The van der Waals surface area contributed by atoms with Gasteiger partial charge in [0.1, 0.15) is 16.5 Å². The van der Waals surface area contributed by atoms with Crippen molar-refractivity contribution in [1.82, 2.24) is 14.5 Å². The molecule has 5 rings (SSSR count). The first-order valence-corrected chi connectivity index (χ1v) is 11.2. The molecule has 0 aliphatic rings. The van der Waals surface area contributed by atoms with Crippen LogP contribution in [0.4, 0.5) is 0 Å². The zero-order chi connectivity index (χ0) is 22.1. The molecule has 0 saturated heterocycles. The molecule has 0 bridgehead atoms. The first-order chi connectivity index (χ1) is 15.6. The minimum absolute atomic E-state index is 0.121. The smallest absolute Gasteiger partial charge is 0.214 e. The summed E-state index contributed by atoms with van der Waals surface area (Å²) in [7, 11) is 1.62. The van der Waals surface area contributed by atoms with E-state index in [1.54, 1.807) is 24.9 Å². The molecule has 0 radical (unpaired) electrons. The lowest BCUT2D eigenvalue weighted by atomic mass is 10.1. The van der Waals surface area contributed by atoms with E-state index in [4.69, 9.17) is 16.3 Å². The van der Waals surface area contributed by atoms with E-state index in [-0.39, 0.29) is 5.78 Å². The molecule has 158 valence electrons. The minimum atomic E-state index is -0.121. The number of carbonyl (C=O) groups excluding carboxylic acids is 1. The summed E-state index contributed by atoms with van der Waals surface area (Å²) in [5, 5.41) is 4.09. The average Bonchev–Trinajstić information content (AvgIpc) is 3.46. The van der Waals surface area contributed by atoms with Crippen molar-refractivity contribution in [2.24, 2.45) is 0 Å². The number of nitrogens with zero attached hydrogens (tertiary/aromatic N) is 3. The Morgan fingerprint density at radius 2 is 2.00 bits per heavy atom. The highest BCUT2D eigenvalue weighted by molar-refractivity contribution is 7.13. The summed E-state index contributed by atoms with van der Waals surface area (Å²) in [4.78, 5) is 22.2. The van der Waals surface area contributed by atoms with Crippen LogP contribution in [0.1, 0.15) is 21.6 Å². The van der Waals surface area contributed by atoms with Crippen LogP contribution in [0.3, 0.4) is 0 Å². The number of hydrogen-bond acceptors (Lipinski definition) is 5. The Kier molecular flexibility index (Phi) is 5.47. The van der Waals surface area contributed by atoms with Crippen molar-refractivity contribution in [2.45, 2.75) is 6.54 Å². The molecule has 0 atom stereocenters. The molecule has 0 fully saturated rings. The lowest BCUT2D eigenvalue weighted by Gasteiger charge is -2.06. The molecule has 0 aliphatic heterocycles. The van der Waals surface area contributed by atoms with E-state index in [1.807, 2.05) is 60.8 Å². The van der Waals surface area contributed by atoms with E-state index in [1.165, 1.54) is 11.3 Å². The number of hydrogen-bond donors (Lipinski definition) is 0. The number of thiazole rings is 1. The van der Waals surface area contributed by atoms with Crippen molar-refractivity contribution in [3.8, 4) is 16.3 Å². The molecule has 7 heteroatoms. The number of ether oxygens (including phenoxy) is 1. The highest BCUT2D eigenvalue weighted by Gasteiger charge is 2.20. The monoisotopic (exact) mass is 459 g/mol. The van der Waals surface area contributed by atoms with Crippen LogP contribution in [0.15, 0.2) is 78.6 Å². The predicted octanol–water partition coefficient (Wildman–Crippen LogP) is 6.10. The first kappa shape index (κ1) is 20.4. The Bertz CT molecular complexity index is 1410.